The molecule has 1 aliphatic heterocycles. The maximum atomic E-state index is 13.3. The number of carbonyl (C=O) groups is 1. The normalized spacial score (nSPS) is 15.0. The van der Waals surface area contributed by atoms with Crippen molar-refractivity contribution in [3.63, 3.8) is 0 Å². The van der Waals surface area contributed by atoms with E-state index in [1.54, 1.807) is 24.3 Å². The van der Waals surface area contributed by atoms with Crippen molar-refractivity contribution in [2.24, 2.45) is 10.1 Å². The van der Waals surface area contributed by atoms with E-state index in [0.29, 0.717) is 4.68 Å². The Morgan fingerprint density at radius 1 is 1.19 bits per heavy atom. The monoisotopic (exact) mass is 380 g/mol. The van der Waals surface area contributed by atoms with Gasteiger partial charge in [0.25, 0.3) is 5.82 Å². The van der Waals surface area contributed by atoms with Crippen LogP contribution in [-0.2, 0) is 0 Å². The number of halogens is 3. The lowest BCUT2D eigenvalue weighted by Gasteiger charge is -2.20. The minimum atomic E-state index is -4.82. The summed E-state index contributed by atoms with van der Waals surface area (Å²) in [6, 6.07) is 6.65. The molecule has 1 aliphatic rings. The maximum Gasteiger partial charge on any atom is 0.437 e. The van der Waals surface area contributed by atoms with E-state index >= 15 is 0 Å². The number of aromatic carboxylic acids is 1. The molecule has 0 spiro atoms. The van der Waals surface area contributed by atoms with Crippen LogP contribution in [0, 0.1) is 0 Å². The number of benzene rings is 1. The Balaban J connectivity index is 2.04. The molecular formula is C16H15F3N6O2. The van der Waals surface area contributed by atoms with Crippen LogP contribution in [0.2, 0.25) is 0 Å². The SMILES string of the molecule is CCN(CC)c1ccc(N=C2C(C(F)(F)F)=Nn3c(C(=O)O)nnc32)cc1. The lowest BCUT2D eigenvalue weighted by atomic mass is 10.2. The Labute approximate surface area is 151 Å². The Kier molecular flexibility index (Phi) is 4.68. The lowest BCUT2D eigenvalue weighted by molar-refractivity contribution is -0.0567. The highest BCUT2D eigenvalue weighted by molar-refractivity contribution is 6.51. The summed E-state index contributed by atoms with van der Waals surface area (Å²) in [6.45, 7) is 5.57. The number of hydrogen-bond acceptors (Lipinski definition) is 6. The summed E-state index contributed by atoms with van der Waals surface area (Å²) in [7, 11) is 0. The molecule has 0 fully saturated rings. The van der Waals surface area contributed by atoms with Crippen molar-refractivity contribution >= 4 is 28.8 Å². The number of hydrogen-bond donors (Lipinski definition) is 1. The number of aliphatic imine (C=N–C) groups is 1. The molecule has 0 aliphatic carbocycles. The van der Waals surface area contributed by atoms with Crippen LogP contribution in [0.5, 0.6) is 0 Å². The molecule has 2 aromatic rings. The number of rotatable bonds is 5. The van der Waals surface area contributed by atoms with E-state index in [0.717, 1.165) is 18.8 Å². The van der Waals surface area contributed by atoms with Gasteiger partial charge in [0.2, 0.25) is 5.82 Å². The molecule has 0 radical (unpaired) electrons. The molecular weight excluding hydrogens is 365 g/mol. The molecule has 8 nitrogen and oxygen atoms in total. The minimum Gasteiger partial charge on any atom is -0.475 e. The van der Waals surface area contributed by atoms with Gasteiger partial charge in [-0.25, -0.2) is 9.79 Å². The van der Waals surface area contributed by atoms with Crippen LogP contribution in [0.3, 0.4) is 0 Å². The van der Waals surface area contributed by atoms with Crippen molar-refractivity contribution < 1.29 is 23.1 Å². The van der Waals surface area contributed by atoms with E-state index in [4.69, 9.17) is 5.11 Å². The van der Waals surface area contributed by atoms with Gasteiger partial charge in [0, 0.05) is 18.8 Å². The number of nitrogens with zero attached hydrogens (tertiary/aromatic N) is 6. The van der Waals surface area contributed by atoms with Gasteiger partial charge in [-0.2, -0.15) is 22.9 Å². The zero-order valence-corrected chi connectivity index (χ0v) is 14.4. The average Bonchev–Trinajstić information content (AvgIpc) is 3.17. The maximum absolute atomic E-state index is 13.3. The van der Waals surface area contributed by atoms with Crippen molar-refractivity contribution in [1.29, 1.82) is 0 Å². The Bertz CT molecular complexity index is 927. The summed E-state index contributed by atoms with van der Waals surface area (Å²) in [6.07, 6.45) is -4.82. The number of anilines is 1. The third-order valence-electron chi connectivity index (χ3n) is 3.96. The summed E-state index contributed by atoms with van der Waals surface area (Å²) < 4.78 is 40.5. The first-order valence-electron chi connectivity index (χ1n) is 8.05. The summed E-state index contributed by atoms with van der Waals surface area (Å²) >= 11 is 0. The van der Waals surface area contributed by atoms with E-state index in [1.165, 1.54) is 0 Å². The van der Waals surface area contributed by atoms with Crippen molar-refractivity contribution in [3.8, 4) is 0 Å². The predicted molar refractivity (Wildman–Crippen MR) is 92.1 cm³/mol. The van der Waals surface area contributed by atoms with Crippen LogP contribution in [0.1, 0.15) is 30.3 Å². The van der Waals surface area contributed by atoms with E-state index in [1.807, 2.05) is 13.8 Å². The smallest absolute Gasteiger partial charge is 0.437 e. The first-order chi connectivity index (χ1) is 12.8. The largest absolute Gasteiger partial charge is 0.475 e. The number of carboxylic acid groups (broad SMARTS) is 1. The van der Waals surface area contributed by atoms with Gasteiger partial charge in [-0.15, -0.1) is 10.2 Å². The van der Waals surface area contributed by atoms with E-state index < -0.39 is 29.4 Å². The van der Waals surface area contributed by atoms with Crippen molar-refractivity contribution in [2.75, 3.05) is 18.0 Å². The standard InChI is InChI=1S/C16H15F3N6O2/c1-3-24(4-2)10-7-5-9(6-8-10)20-11-12(16(17,18)19)23-25-13(11)21-22-14(25)15(26)27/h5-8H,3-4H2,1-2H3,(H,26,27). The molecule has 0 unspecified atom stereocenters. The number of aromatic nitrogens is 3. The van der Waals surface area contributed by atoms with Crippen LogP contribution in [0.25, 0.3) is 0 Å². The van der Waals surface area contributed by atoms with Crippen LogP contribution in [0.15, 0.2) is 34.4 Å². The zero-order chi connectivity index (χ0) is 19.8. The highest BCUT2D eigenvalue weighted by atomic mass is 19.4. The van der Waals surface area contributed by atoms with Crippen LogP contribution >= 0.6 is 0 Å². The topological polar surface area (TPSA) is 96.0 Å². The quantitative estimate of drug-likeness (QED) is 0.860. The Hall–Kier alpha value is -3.24. The van der Waals surface area contributed by atoms with Gasteiger partial charge in [0.1, 0.15) is 5.71 Å². The highest BCUT2D eigenvalue weighted by Crippen LogP contribution is 2.28. The molecule has 0 saturated heterocycles. The van der Waals surface area contributed by atoms with Gasteiger partial charge >= 0.3 is 12.1 Å². The molecule has 142 valence electrons. The first-order valence-corrected chi connectivity index (χ1v) is 8.05. The summed E-state index contributed by atoms with van der Waals surface area (Å²) in [4.78, 5) is 17.2. The average molecular weight is 380 g/mol. The second-order valence-electron chi connectivity index (χ2n) is 5.56. The molecule has 0 amide bonds. The molecule has 2 heterocycles. The van der Waals surface area contributed by atoms with Crippen molar-refractivity contribution in [2.45, 2.75) is 20.0 Å². The van der Waals surface area contributed by atoms with Gasteiger partial charge in [-0.3, -0.25) is 0 Å². The van der Waals surface area contributed by atoms with Crippen LogP contribution in [-0.4, -0.2) is 56.6 Å². The van der Waals surface area contributed by atoms with Crippen molar-refractivity contribution in [3.05, 3.63) is 35.9 Å². The van der Waals surface area contributed by atoms with E-state index in [-0.39, 0.29) is 11.5 Å². The summed E-state index contributed by atoms with van der Waals surface area (Å²) in [5.74, 6) is -2.62. The zero-order valence-electron chi connectivity index (χ0n) is 14.4. The fourth-order valence-electron chi connectivity index (χ4n) is 2.66. The highest BCUT2D eigenvalue weighted by Gasteiger charge is 2.46. The fraction of sp³-hybridized carbons (Fsp3) is 0.312. The summed E-state index contributed by atoms with van der Waals surface area (Å²) in [5, 5.41) is 19.2. The first kappa shape index (κ1) is 18.5. The molecule has 1 N–H and O–H groups in total. The second kappa shape index (κ2) is 6.82. The number of carboxylic acids is 1. The van der Waals surface area contributed by atoms with Gasteiger partial charge in [-0.1, -0.05) is 0 Å². The molecule has 0 saturated carbocycles. The Morgan fingerprint density at radius 2 is 1.81 bits per heavy atom. The minimum absolute atomic E-state index is 0.256. The van der Waals surface area contributed by atoms with Crippen LogP contribution in [0.4, 0.5) is 24.5 Å². The van der Waals surface area contributed by atoms with Gasteiger partial charge in [0.05, 0.1) is 5.69 Å². The molecule has 1 aromatic heterocycles. The van der Waals surface area contributed by atoms with Crippen molar-refractivity contribution in [1.82, 2.24) is 14.9 Å². The molecule has 0 bridgehead atoms. The van der Waals surface area contributed by atoms with E-state index in [2.05, 4.69) is 25.2 Å². The van der Waals surface area contributed by atoms with E-state index in [9.17, 15) is 18.0 Å². The molecule has 3 rings (SSSR count). The molecule has 27 heavy (non-hydrogen) atoms. The number of alkyl halides is 3. The molecule has 0 atom stereocenters. The molecule has 1 aromatic carbocycles. The third-order valence-corrected chi connectivity index (χ3v) is 3.96. The second-order valence-corrected chi connectivity index (χ2v) is 5.56. The Morgan fingerprint density at radius 3 is 2.33 bits per heavy atom. The lowest BCUT2D eigenvalue weighted by Crippen LogP contribution is -2.29. The van der Waals surface area contributed by atoms with Gasteiger partial charge in [0.15, 0.2) is 5.71 Å². The predicted octanol–water partition coefficient (Wildman–Crippen LogP) is 2.72. The fourth-order valence-corrected chi connectivity index (χ4v) is 2.66. The van der Waals surface area contributed by atoms with Gasteiger partial charge < -0.3 is 10.0 Å². The van der Waals surface area contributed by atoms with Gasteiger partial charge in [-0.05, 0) is 38.1 Å². The van der Waals surface area contributed by atoms with Crippen LogP contribution < -0.4 is 4.90 Å². The molecule has 11 heteroatoms. The third kappa shape index (κ3) is 3.39. The number of fused-ring (bicyclic) bond motifs is 1. The summed E-state index contributed by atoms with van der Waals surface area (Å²) in [5.41, 5.74) is -0.719.